The molecule has 2 fully saturated rings. The van der Waals surface area contributed by atoms with Crippen LogP contribution in [-0.2, 0) is 15.9 Å². The molecule has 0 aromatic heterocycles. The zero-order chi connectivity index (χ0) is 20.3. The second-order valence-electron chi connectivity index (χ2n) is 8.01. The van der Waals surface area contributed by atoms with Gasteiger partial charge in [0.25, 0.3) is 0 Å². The van der Waals surface area contributed by atoms with Gasteiger partial charge in [0.05, 0.1) is 12.7 Å². The molecule has 1 aliphatic carbocycles. The molecule has 1 aliphatic heterocycles. The van der Waals surface area contributed by atoms with Crippen LogP contribution in [-0.4, -0.2) is 64.2 Å². The van der Waals surface area contributed by atoms with Crippen LogP contribution in [0.1, 0.15) is 49.8 Å². The van der Waals surface area contributed by atoms with E-state index in [1.165, 1.54) is 0 Å². The van der Waals surface area contributed by atoms with E-state index in [4.69, 9.17) is 15.2 Å². The molecule has 7 nitrogen and oxygen atoms in total. The molecule has 0 unspecified atom stereocenters. The molecule has 1 saturated carbocycles. The van der Waals surface area contributed by atoms with Crippen molar-refractivity contribution in [2.75, 3.05) is 18.9 Å². The lowest BCUT2D eigenvalue weighted by molar-refractivity contribution is -0.231. The third-order valence-electron chi connectivity index (χ3n) is 6.09. The third-order valence-corrected chi connectivity index (χ3v) is 6.09. The number of hydrogen-bond donors (Lipinski definition) is 5. The van der Waals surface area contributed by atoms with Crippen molar-refractivity contribution in [1.82, 2.24) is 0 Å². The molecule has 6 N–H and O–H groups in total. The quantitative estimate of drug-likeness (QED) is 0.454. The number of hydrogen-bond acceptors (Lipinski definition) is 7. The van der Waals surface area contributed by atoms with E-state index in [1.807, 2.05) is 13.0 Å². The van der Waals surface area contributed by atoms with Gasteiger partial charge in [0.2, 0.25) is 0 Å². The molecule has 0 amide bonds. The molecule has 1 saturated heterocycles. The molecule has 1 aromatic rings. The standard InChI is InChI=1S/C21H33NO6/c1-2-27-15-6-3-12(4-7-15)9-14-10-13(5-8-16(14)22)21-20(26)19(25)18(24)17(11-23)28-21/h5,8,10,12,15,17-21,23-26H,2-4,6-7,9,11,22H2,1H3/t12?,15?,17-,18-,19+,20-,21+/m1/s1. The number of benzene rings is 1. The smallest absolute Gasteiger partial charge is 0.113 e. The highest BCUT2D eigenvalue weighted by Crippen LogP contribution is 2.35. The fourth-order valence-electron chi connectivity index (χ4n) is 4.41. The van der Waals surface area contributed by atoms with Gasteiger partial charge in [-0.3, -0.25) is 0 Å². The minimum absolute atomic E-state index is 0.360. The Bertz CT molecular complexity index is 631. The van der Waals surface area contributed by atoms with Crippen LogP contribution in [0.2, 0.25) is 0 Å². The summed E-state index contributed by atoms with van der Waals surface area (Å²) >= 11 is 0. The van der Waals surface area contributed by atoms with Crippen LogP contribution in [0, 0.1) is 5.92 Å². The Morgan fingerprint density at radius 1 is 1.07 bits per heavy atom. The molecule has 28 heavy (non-hydrogen) atoms. The summed E-state index contributed by atoms with van der Waals surface area (Å²) in [7, 11) is 0. The molecule has 3 rings (SSSR count). The van der Waals surface area contributed by atoms with Crippen molar-refractivity contribution in [2.45, 2.75) is 75.7 Å². The normalized spacial score (nSPS) is 36.4. The van der Waals surface area contributed by atoms with Crippen molar-refractivity contribution < 1.29 is 29.9 Å². The average Bonchev–Trinajstić information content (AvgIpc) is 2.70. The average molecular weight is 395 g/mol. The number of nitrogen functional groups attached to an aromatic ring is 1. The van der Waals surface area contributed by atoms with E-state index in [9.17, 15) is 20.4 Å². The van der Waals surface area contributed by atoms with Gasteiger partial charge >= 0.3 is 0 Å². The molecule has 7 heteroatoms. The number of nitrogens with two attached hydrogens (primary N) is 1. The third kappa shape index (κ3) is 4.67. The van der Waals surface area contributed by atoms with Crippen LogP contribution in [0.4, 0.5) is 5.69 Å². The summed E-state index contributed by atoms with van der Waals surface area (Å²) in [5, 5.41) is 39.8. The first-order valence-corrected chi connectivity index (χ1v) is 10.2. The Morgan fingerprint density at radius 2 is 1.79 bits per heavy atom. The van der Waals surface area contributed by atoms with Crippen molar-refractivity contribution in [3.8, 4) is 0 Å². The van der Waals surface area contributed by atoms with Gasteiger partial charge in [-0.1, -0.05) is 12.1 Å². The Hall–Kier alpha value is -1.22. The summed E-state index contributed by atoms with van der Waals surface area (Å²) in [6, 6.07) is 5.46. The Kier molecular flexibility index (Phi) is 7.31. The Morgan fingerprint density at radius 3 is 2.43 bits per heavy atom. The fourth-order valence-corrected chi connectivity index (χ4v) is 4.41. The van der Waals surface area contributed by atoms with E-state index in [0.717, 1.165) is 44.3 Å². The summed E-state index contributed by atoms with van der Waals surface area (Å²) in [5.41, 5.74) is 8.57. The first kappa shape index (κ1) is 21.5. The van der Waals surface area contributed by atoms with Crippen molar-refractivity contribution in [1.29, 1.82) is 0 Å². The fraction of sp³-hybridized carbons (Fsp3) is 0.714. The predicted molar refractivity (Wildman–Crippen MR) is 105 cm³/mol. The molecule has 5 atom stereocenters. The predicted octanol–water partition coefficient (Wildman–Crippen LogP) is 0.921. The molecular formula is C21H33NO6. The van der Waals surface area contributed by atoms with Gasteiger partial charge in [-0.05, 0) is 62.1 Å². The van der Waals surface area contributed by atoms with Crippen LogP contribution < -0.4 is 5.73 Å². The van der Waals surface area contributed by atoms with E-state index >= 15 is 0 Å². The van der Waals surface area contributed by atoms with E-state index in [-0.39, 0.29) is 0 Å². The lowest BCUT2D eigenvalue weighted by Gasteiger charge is -2.40. The summed E-state index contributed by atoms with van der Waals surface area (Å²) in [5.74, 6) is 0.532. The van der Waals surface area contributed by atoms with Gasteiger partial charge in [0.15, 0.2) is 0 Å². The largest absolute Gasteiger partial charge is 0.399 e. The maximum Gasteiger partial charge on any atom is 0.113 e. The zero-order valence-electron chi connectivity index (χ0n) is 16.4. The maximum atomic E-state index is 10.4. The summed E-state index contributed by atoms with van der Waals surface area (Å²) in [6.45, 7) is 2.34. The van der Waals surface area contributed by atoms with Gasteiger partial charge < -0.3 is 35.6 Å². The van der Waals surface area contributed by atoms with Crippen molar-refractivity contribution in [2.24, 2.45) is 5.92 Å². The molecule has 2 aliphatic rings. The summed E-state index contributed by atoms with van der Waals surface area (Å²) in [6.07, 6.45) is -0.263. The van der Waals surface area contributed by atoms with Crippen LogP contribution in [0.3, 0.4) is 0 Å². The number of aliphatic hydroxyl groups is 4. The van der Waals surface area contributed by atoms with Crippen molar-refractivity contribution in [3.63, 3.8) is 0 Å². The van der Waals surface area contributed by atoms with Gasteiger partial charge in [-0.15, -0.1) is 0 Å². The first-order chi connectivity index (χ1) is 13.4. The highest BCUT2D eigenvalue weighted by Gasteiger charge is 2.44. The maximum absolute atomic E-state index is 10.4. The Labute approximate surface area is 166 Å². The lowest BCUT2D eigenvalue weighted by atomic mass is 9.82. The highest BCUT2D eigenvalue weighted by molar-refractivity contribution is 5.49. The Balaban J connectivity index is 1.71. The van der Waals surface area contributed by atoms with Crippen molar-refractivity contribution >= 4 is 5.69 Å². The summed E-state index contributed by atoms with van der Waals surface area (Å²) < 4.78 is 11.4. The second-order valence-corrected chi connectivity index (χ2v) is 8.01. The molecular weight excluding hydrogens is 362 g/mol. The minimum Gasteiger partial charge on any atom is -0.399 e. The topological polar surface area (TPSA) is 125 Å². The van der Waals surface area contributed by atoms with Crippen LogP contribution >= 0.6 is 0 Å². The summed E-state index contributed by atoms with van der Waals surface area (Å²) in [4.78, 5) is 0. The molecule has 0 bridgehead atoms. The van der Waals surface area contributed by atoms with Crippen LogP contribution in [0.5, 0.6) is 0 Å². The number of anilines is 1. The zero-order valence-corrected chi connectivity index (χ0v) is 16.4. The molecule has 1 heterocycles. The number of rotatable bonds is 6. The number of aliphatic hydroxyl groups excluding tert-OH is 4. The van der Waals surface area contributed by atoms with Gasteiger partial charge in [-0.25, -0.2) is 0 Å². The first-order valence-electron chi connectivity index (χ1n) is 10.2. The SMILES string of the molecule is CCOC1CCC(Cc2cc([C@@H]3O[C@H](CO)[C@@H](O)[C@H](O)[C@H]3O)ccc2N)CC1. The van der Waals surface area contributed by atoms with Gasteiger partial charge in [0.1, 0.15) is 30.5 Å². The van der Waals surface area contributed by atoms with E-state index < -0.39 is 37.1 Å². The molecule has 158 valence electrons. The monoisotopic (exact) mass is 395 g/mol. The lowest BCUT2D eigenvalue weighted by Crippen LogP contribution is -2.55. The van der Waals surface area contributed by atoms with Gasteiger partial charge in [-0.2, -0.15) is 0 Å². The highest BCUT2D eigenvalue weighted by atomic mass is 16.5. The van der Waals surface area contributed by atoms with E-state index in [2.05, 4.69) is 0 Å². The van der Waals surface area contributed by atoms with E-state index in [0.29, 0.717) is 23.3 Å². The molecule has 0 radical (unpaired) electrons. The van der Waals surface area contributed by atoms with E-state index in [1.54, 1.807) is 12.1 Å². The van der Waals surface area contributed by atoms with Crippen molar-refractivity contribution in [3.05, 3.63) is 29.3 Å². The van der Waals surface area contributed by atoms with Gasteiger partial charge in [0, 0.05) is 12.3 Å². The molecule has 0 spiro atoms. The number of ether oxygens (including phenoxy) is 2. The van der Waals surface area contributed by atoms with Crippen LogP contribution in [0.15, 0.2) is 18.2 Å². The molecule has 1 aromatic carbocycles. The minimum atomic E-state index is -1.38. The van der Waals surface area contributed by atoms with Crippen LogP contribution in [0.25, 0.3) is 0 Å². The second kappa shape index (κ2) is 9.52.